The van der Waals surface area contributed by atoms with Crippen LogP contribution in [0.15, 0.2) is 12.1 Å². The van der Waals surface area contributed by atoms with Crippen LogP contribution < -0.4 is 20.1 Å². The van der Waals surface area contributed by atoms with Gasteiger partial charge in [-0.25, -0.2) is 9.78 Å². The Hall–Kier alpha value is -2.02. The van der Waals surface area contributed by atoms with Gasteiger partial charge in [-0.2, -0.15) is 0 Å². The van der Waals surface area contributed by atoms with Crippen LogP contribution in [0.3, 0.4) is 0 Å². The molecule has 1 aliphatic heterocycles. The molecular formula is C14H15N3O3S. The van der Waals surface area contributed by atoms with Gasteiger partial charge >= 0.3 is 6.03 Å². The molecule has 7 heteroatoms. The summed E-state index contributed by atoms with van der Waals surface area (Å²) in [5.74, 6) is 1.43. The molecule has 2 amide bonds. The van der Waals surface area contributed by atoms with Crippen molar-refractivity contribution in [3.63, 3.8) is 0 Å². The molecule has 2 aromatic rings. The molecule has 0 atom stereocenters. The first-order valence-electron chi connectivity index (χ1n) is 7.06. The highest BCUT2D eigenvalue weighted by Crippen LogP contribution is 2.38. The van der Waals surface area contributed by atoms with E-state index in [-0.39, 0.29) is 12.8 Å². The Labute approximate surface area is 125 Å². The van der Waals surface area contributed by atoms with Gasteiger partial charge in [-0.05, 0) is 12.8 Å². The average Bonchev–Trinajstić information content (AvgIpc) is 3.14. The van der Waals surface area contributed by atoms with Crippen LogP contribution in [0.25, 0.3) is 10.2 Å². The normalized spacial score (nSPS) is 17.3. The third-order valence-electron chi connectivity index (χ3n) is 3.79. The zero-order chi connectivity index (χ0) is 14.2. The van der Waals surface area contributed by atoms with Crippen LogP contribution in [-0.2, 0) is 0 Å². The van der Waals surface area contributed by atoms with Gasteiger partial charge in [-0.1, -0.05) is 24.2 Å². The largest absolute Gasteiger partial charge is 0.454 e. The zero-order valence-electron chi connectivity index (χ0n) is 11.3. The molecule has 0 unspecified atom stereocenters. The number of thiazole rings is 1. The van der Waals surface area contributed by atoms with E-state index in [4.69, 9.17) is 9.47 Å². The summed E-state index contributed by atoms with van der Waals surface area (Å²) in [7, 11) is 0. The Kier molecular flexibility index (Phi) is 3.07. The number of benzene rings is 1. The molecule has 0 saturated heterocycles. The minimum atomic E-state index is -0.180. The number of hydrogen-bond acceptors (Lipinski definition) is 5. The van der Waals surface area contributed by atoms with Crippen LogP contribution in [0, 0.1) is 0 Å². The molecule has 0 bridgehead atoms. The fourth-order valence-electron chi connectivity index (χ4n) is 2.76. The van der Waals surface area contributed by atoms with Crippen molar-refractivity contribution in [2.45, 2.75) is 31.7 Å². The smallest absolute Gasteiger partial charge is 0.321 e. The van der Waals surface area contributed by atoms with E-state index in [1.165, 1.54) is 24.2 Å². The molecule has 1 fully saturated rings. The Balaban J connectivity index is 1.50. The maximum Gasteiger partial charge on any atom is 0.321 e. The lowest BCUT2D eigenvalue weighted by atomic mass is 10.3. The summed E-state index contributed by atoms with van der Waals surface area (Å²) in [6, 6.07) is 3.86. The molecule has 0 radical (unpaired) electrons. The molecule has 1 aromatic carbocycles. The summed E-state index contributed by atoms with van der Waals surface area (Å²) in [6.07, 6.45) is 4.51. The number of carbonyl (C=O) groups excluding carboxylic acids is 1. The third-order valence-corrected chi connectivity index (χ3v) is 4.73. The first-order chi connectivity index (χ1) is 10.3. The predicted octanol–water partition coefficient (Wildman–Crippen LogP) is 3.09. The van der Waals surface area contributed by atoms with Gasteiger partial charge in [0.2, 0.25) is 6.79 Å². The van der Waals surface area contributed by atoms with Gasteiger partial charge in [-0.15, -0.1) is 0 Å². The highest BCUT2D eigenvalue weighted by Gasteiger charge is 2.19. The number of ether oxygens (including phenoxy) is 2. The number of anilines is 1. The van der Waals surface area contributed by atoms with Crippen molar-refractivity contribution in [2.24, 2.45) is 0 Å². The van der Waals surface area contributed by atoms with Crippen LogP contribution >= 0.6 is 11.3 Å². The van der Waals surface area contributed by atoms with Crippen molar-refractivity contribution in [1.29, 1.82) is 0 Å². The number of rotatable bonds is 2. The first-order valence-corrected chi connectivity index (χ1v) is 7.87. The Morgan fingerprint density at radius 2 is 2.00 bits per heavy atom. The summed E-state index contributed by atoms with van der Waals surface area (Å²) < 4.78 is 11.6. The fourth-order valence-corrected chi connectivity index (χ4v) is 3.63. The maximum absolute atomic E-state index is 11.9. The second-order valence-corrected chi connectivity index (χ2v) is 6.30. The van der Waals surface area contributed by atoms with E-state index in [0.717, 1.165) is 28.8 Å². The number of urea groups is 1. The van der Waals surface area contributed by atoms with Gasteiger partial charge < -0.3 is 14.8 Å². The third kappa shape index (κ3) is 2.49. The molecule has 1 aliphatic carbocycles. The molecule has 2 heterocycles. The van der Waals surface area contributed by atoms with Crippen molar-refractivity contribution in [3.8, 4) is 11.5 Å². The first kappa shape index (κ1) is 12.7. The predicted molar refractivity (Wildman–Crippen MR) is 80.2 cm³/mol. The monoisotopic (exact) mass is 305 g/mol. The van der Waals surface area contributed by atoms with Gasteiger partial charge in [0.1, 0.15) is 0 Å². The standard InChI is InChI=1S/C14H15N3O3S/c18-13(15-8-3-1-2-4-8)17-14-16-9-5-10-11(20-7-19-10)6-12(9)21-14/h5-6,8H,1-4,7H2,(H2,15,16,17,18). The average molecular weight is 305 g/mol. The van der Waals surface area contributed by atoms with Crippen molar-refractivity contribution in [1.82, 2.24) is 10.3 Å². The van der Waals surface area contributed by atoms with Crippen molar-refractivity contribution >= 4 is 32.7 Å². The lowest BCUT2D eigenvalue weighted by Gasteiger charge is -2.11. The van der Waals surface area contributed by atoms with Crippen LogP contribution in [0.5, 0.6) is 11.5 Å². The van der Waals surface area contributed by atoms with Crippen molar-refractivity contribution in [2.75, 3.05) is 12.1 Å². The molecule has 110 valence electrons. The van der Waals surface area contributed by atoms with Crippen molar-refractivity contribution in [3.05, 3.63) is 12.1 Å². The SMILES string of the molecule is O=C(Nc1nc2cc3c(cc2s1)OCO3)NC1CCCC1. The molecule has 6 nitrogen and oxygen atoms in total. The quantitative estimate of drug-likeness (QED) is 0.894. The van der Waals surface area contributed by atoms with Gasteiger partial charge in [0.25, 0.3) is 0 Å². The van der Waals surface area contributed by atoms with Gasteiger partial charge in [0.05, 0.1) is 10.2 Å². The zero-order valence-corrected chi connectivity index (χ0v) is 12.2. The summed E-state index contributed by atoms with van der Waals surface area (Å²) in [6.45, 7) is 0.251. The summed E-state index contributed by atoms with van der Waals surface area (Å²) in [4.78, 5) is 16.4. The lowest BCUT2D eigenvalue weighted by molar-refractivity contribution is 0.174. The minimum Gasteiger partial charge on any atom is -0.454 e. The molecule has 1 aromatic heterocycles. The number of amides is 2. The van der Waals surface area contributed by atoms with Gasteiger partial charge in [-0.3, -0.25) is 5.32 Å². The second-order valence-electron chi connectivity index (χ2n) is 5.27. The summed E-state index contributed by atoms with van der Waals surface area (Å²) in [5.41, 5.74) is 0.806. The van der Waals surface area contributed by atoms with E-state index in [9.17, 15) is 4.79 Å². The number of aromatic nitrogens is 1. The molecule has 21 heavy (non-hydrogen) atoms. The number of hydrogen-bond donors (Lipinski definition) is 2. The topological polar surface area (TPSA) is 72.5 Å². The van der Waals surface area contributed by atoms with E-state index in [1.54, 1.807) is 0 Å². The molecule has 2 N–H and O–H groups in total. The van der Waals surface area contributed by atoms with Gasteiger partial charge in [0.15, 0.2) is 16.6 Å². The highest BCUT2D eigenvalue weighted by atomic mass is 32.1. The van der Waals surface area contributed by atoms with Crippen LogP contribution in [0.1, 0.15) is 25.7 Å². The Morgan fingerprint density at radius 3 is 2.81 bits per heavy atom. The molecule has 2 aliphatic rings. The van der Waals surface area contributed by atoms with Gasteiger partial charge in [0, 0.05) is 18.2 Å². The van der Waals surface area contributed by atoms with E-state index >= 15 is 0 Å². The highest BCUT2D eigenvalue weighted by molar-refractivity contribution is 7.22. The van der Waals surface area contributed by atoms with E-state index < -0.39 is 0 Å². The molecule has 4 rings (SSSR count). The lowest BCUT2D eigenvalue weighted by Crippen LogP contribution is -2.36. The number of carbonyl (C=O) groups is 1. The Bertz CT molecular complexity index is 653. The van der Waals surface area contributed by atoms with Crippen molar-refractivity contribution < 1.29 is 14.3 Å². The minimum absolute atomic E-state index is 0.180. The number of nitrogens with zero attached hydrogens (tertiary/aromatic N) is 1. The summed E-state index contributed by atoms with van der Waals surface area (Å²) in [5, 5.41) is 6.38. The molecular weight excluding hydrogens is 290 g/mol. The number of fused-ring (bicyclic) bond motifs is 2. The second kappa shape index (κ2) is 5.07. The van der Waals surface area contributed by atoms with Crippen LogP contribution in [0.2, 0.25) is 0 Å². The van der Waals surface area contributed by atoms with E-state index in [0.29, 0.717) is 16.9 Å². The summed E-state index contributed by atoms with van der Waals surface area (Å²) >= 11 is 1.43. The van der Waals surface area contributed by atoms with Crippen LogP contribution in [-0.4, -0.2) is 23.8 Å². The molecule has 1 saturated carbocycles. The molecule has 0 spiro atoms. The fraction of sp³-hybridized carbons (Fsp3) is 0.429. The maximum atomic E-state index is 11.9. The number of nitrogens with one attached hydrogen (secondary N) is 2. The van der Waals surface area contributed by atoms with E-state index in [1.807, 2.05) is 12.1 Å². The van der Waals surface area contributed by atoms with Crippen LogP contribution in [0.4, 0.5) is 9.93 Å². The van der Waals surface area contributed by atoms with E-state index in [2.05, 4.69) is 15.6 Å². The Morgan fingerprint density at radius 1 is 1.24 bits per heavy atom.